The van der Waals surface area contributed by atoms with Crippen molar-refractivity contribution in [3.63, 3.8) is 0 Å². The van der Waals surface area contributed by atoms with E-state index in [1.54, 1.807) is 53.0 Å². The Morgan fingerprint density at radius 1 is 0.688 bits per heavy atom. The number of halogens is 3. The van der Waals surface area contributed by atoms with Gasteiger partial charge >= 0.3 is 6.01 Å². The van der Waals surface area contributed by atoms with Gasteiger partial charge < -0.3 is 43.1 Å². The molecule has 6 heterocycles. The number of ether oxygens (including phenoxy) is 6. The van der Waals surface area contributed by atoms with Crippen LogP contribution in [0.4, 0.5) is 30.5 Å². The second kappa shape index (κ2) is 23.1. The zero-order valence-corrected chi connectivity index (χ0v) is 45.8. The third-order valence-electron chi connectivity index (χ3n) is 15.6. The van der Waals surface area contributed by atoms with Gasteiger partial charge in [-0.25, -0.2) is 23.1 Å². The highest BCUT2D eigenvalue weighted by atomic mass is 19.1. The van der Waals surface area contributed by atoms with Gasteiger partial charge in [0.2, 0.25) is 5.88 Å². The van der Waals surface area contributed by atoms with E-state index in [0.717, 1.165) is 53.1 Å². The molecule has 0 radical (unpaired) electrons. The van der Waals surface area contributed by atoms with Crippen LogP contribution in [0.3, 0.4) is 0 Å². The van der Waals surface area contributed by atoms with E-state index in [1.165, 1.54) is 0 Å². The summed E-state index contributed by atoms with van der Waals surface area (Å²) in [7, 11) is 6.49. The monoisotopic (exact) mass is 1090 g/mol. The van der Waals surface area contributed by atoms with Gasteiger partial charge in [0.15, 0.2) is 17.5 Å². The Morgan fingerprint density at radius 2 is 1.24 bits per heavy atom. The molecular weight excluding hydrogens is 1020 g/mol. The first-order valence-corrected chi connectivity index (χ1v) is 26.9. The van der Waals surface area contributed by atoms with Gasteiger partial charge in [-0.2, -0.15) is 9.97 Å². The molecule has 3 aliphatic heterocycles. The van der Waals surface area contributed by atoms with E-state index in [0.29, 0.717) is 67.7 Å². The SMILES string of the molecule is COc1ccc(CN(Cc2ccc(OC)cc2)c2cc(C)cc(-c3nc4c5c(nc(OC[C@@]67CCCN6C[C@H](F)C7)nc5c3F)N([C@H](C)c3nccnc3N(Cc3ccc(OC)cc3)Cc3ccc(OC)cc3)CCO4)c2F)cc1. The van der Waals surface area contributed by atoms with E-state index in [-0.39, 0.29) is 65.3 Å². The summed E-state index contributed by atoms with van der Waals surface area (Å²) in [4.78, 5) is 32.9. The fraction of sp³-hybridized carbons (Fsp3) is 0.339. The van der Waals surface area contributed by atoms with Crippen molar-refractivity contribution >= 4 is 28.2 Å². The average Bonchev–Trinajstić information content (AvgIpc) is 4.04. The van der Waals surface area contributed by atoms with E-state index < -0.39 is 29.4 Å². The standard InChI is InChI=1S/C62H64F3N9O6/c1-39-30-50(53(64)51(31-39)71(33-41-8-16-46(75-3)17-9-41)34-42-10-18-47(76-4)19-11-42)56-54(65)57-52-58(70-61(69-57)80-38-62-24-7-27-73(62)37-45(63)32-62)74(28-29-79-60(52)68-56)40(2)55-59(67-26-25-66-55)72(35-43-12-20-48(77-5)21-13-43)36-44-14-22-49(78-6)23-15-44/h8-23,25-26,30-31,40,45H,7,24,27-29,32-38H2,1-6H3/t40-,45-,62+/m1/s1. The number of benzene rings is 5. The van der Waals surface area contributed by atoms with Gasteiger partial charge in [-0.05, 0) is 122 Å². The van der Waals surface area contributed by atoms with Gasteiger partial charge in [0, 0.05) is 57.1 Å². The van der Waals surface area contributed by atoms with Crippen molar-refractivity contribution < 1.29 is 41.6 Å². The first-order chi connectivity index (χ1) is 38.9. The first kappa shape index (κ1) is 53.6. The van der Waals surface area contributed by atoms with Gasteiger partial charge in [0.25, 0.3) is 0 Å². The quantitative estimate of drug-likeness (QED) is 0.0716. The maximum absolute atomic E-state index is 18.2. The van der Waals surface area contributed by atoms with Crippen LogP contribution >= 0.6 is 0 Å². The number of hydrogen-bond acceptors (Lipinski definition) is 15. The largest absolute Gasteiger partial charge is 0.497 e. The molecule has 0 saturated carbocycles. The average molecular weight is 1090 g/mol. The van der Waals surface area contributed by atoms with Crippen molar-refractivity contribution in [1.82, 2.24) is 29.8 Å². The van der Waals surface area contributed by atoms with Crippen LogP contribution in [0.1, 0.15) is 65.7 Å². The Bertz CT molecular complexity index is 3370. The number of fused-ring (bicyclic) bond motifs is 1. The van der Waals surface area contributed by atoms with Crippen LogP contribution in [0.15, 0.2) is 122 Å². The lowest BCUT2D eigenvalue weighted by Crippen LogP contribution is -2.43. The van der Waals surface area contributed by atoms with E-state index in [2.05, 4.69) is 9.80 Å². The fourth-order valence-electron chi connectivity index (χ4n) is 11.4. The van der Waals surface area contributed by atoms with E-state index >= 15 is 13.2 Å². The summed E-state index contributed by atoms with van der Waals surface area (Å²) in [5.41, 5.74) is 4.24. The van der Waals surface area contributed by atoms with Crippen LogP contribution in [0.25, 0.3) is 22.2 Å². The van der Waals surface area contributed by atoms with Crippen molar-refractivity contribution in [3.8, 4) is 46.1 Å². The van der Waals surface area contributed by atoms with Crippen molar-refractivity contribution in [2.24, 2.45) is 0 Å². The lowest BCUT2D eigenvalue weighted by Gasteiger charge is -2.33. The molecule has 0 bridgehead atoms. The number of aromatic nitrogens is 5. The van der Waals surface area contributed by atoms with Gasteiger partial charge in [0.05, 0.1) is 52.3 Å². The molecule has 3 atom stereocenters. The molecule has 0 spiro atoms. The molecule has 15 nitrogen and oxygen atoms in total. The highest BCUT2D eigenvalue weighted by molar-refractivity contribution is 5.97. The predicted octanol–water partition coefficient (Wildman–Crippen LogP) is 11.4. The molecule has 3 aliphatic rings. The first-order valence-electron chi connectivity index (χ1n) is 26.9. The summed E-state index contributed by atoms with van der Waals surface area (Å²) in [5, 5.41) is 0.181. The molecule has 414 valence electrons. The molecule has 5 aromatic carbocycles. The molecule has 0 unspecified atom stereocenters. The smallest absolute Gasteiger partial charge is 0.319 e. The fourth-order valence-corrected chi connectivity index (χ4v) is 11.4. The Hall–Kier alpha value is -8.38. The number of rotatable bonds is 20. The van der Waals surface area contributed by atoms with E-state index in [4.69, 9.17) is 53.3 Å². The molecular formula is C62H64F3N9O6. The lowest BCUT2D eigenvalue weighted by atomic mass is 9.95. The highest BCUT2D eigenvalue weighted by Crippen LogP contribution is 2.45. The minimum Gasteiger partial charge on any atom is -0.497 e. The molecule has 0 N–H and O–H groups in total. The maximum atomic E-state index is 18.2. The van der Waals surface area contributed by atoms with Gasteiger partial charge in [-0.3, -0.25) is 9.88 Å². The molecule has 2 saturated heterocycles. The van der Waals surface area contributed by atoms with Crippen LogP contribution in [0.2, 0.25) is 0 Å². The van der Waals surface area contributed by atoms with Crippen LogP contribution in [0.5, 0.6) is 34.9 Å². The zero-order valence-electron chi connectivity index (χ0n) is 45.8. The molecule has 18 heteroatoms. The number of alkyl halides is 1. The molecule has 0 aliphatic carbocycles. The van der Waals surface area contributed by atoms with Crippen molar-refractivity contribution in [1.29, 1.82) is 0 Å². The molecule has 2 fully saturated rings. The molecule has 11 rings (SSSR count). The number of methoxy groups -OCH3 is 4. The summed E-state index contributed by atoms with van der Waals surface area (Å²) in [6.45, 7) is 6.84. The molecule has 80 heavy (non-hydrogen) atoms. The minimum absolute atomic E-state index is 0.0278. The summed E-state index contributed by atoms with van der Waals surface area (Å²) in [6, 6.07) is 33.6. The summed E-state index contributed by atoms with van der Waals surface area (Å²) in [6.07, 6.45) is 4.25. The van der Waals surface area contributed by atoms with E-state index in [1.807, 2.05) is 121 Å². The minimum atomic E-state index is -1.00. The van der Waals surface area contributed by atoms with Crippen LogP contribution in [-0.2, 0) is 26.2 Å². The third kappa shape index (κ3) is 11.0. The molecule has 0 amide bonds. The Labute approximate surface area is 463 Å². The second-order valence-electron chi connectivity index (χ2n) is 20.7. The van der Waals surface area contributed by atoms with Gasteiger partial charge in [0.1, 0.15) is 70.5 Å². The van der Waals surface area contributed by atoms with Crippen molar-refractivity contribution in [2.45, 2.75) is 77.0 Å². The predicted molar refractivity (Wildman–Crippen MR) is 301 cm³/mol. The Kier molecular flexibility index (Phi) is 15.5. The number of anilines is 3. The van der Waals surface area contributed by atoms with E-state index in [9.17, 15) is 0 Å². The van der Waals surface area contributed by atoms with Crippen LogP contribution in [0, 0.1) is 18.6 Å². The van der Waals surface area contributed by atoms with Crippen LogP contribution in [-0.4, -0.2) is 103 Å². The summed E-state index contributed by atoms with van der Waals surface area (Å²) < 4.78 is 86.1. The lowest BCUT2D eigenvalue weighted by molar-refractivity contribution is 0.107. The zero-order chi connectivity index (χ0) is 55.5. The number of pyridine rings is 1. The topological polar surface area (TPSA) is 133 Å². The molecule has 8 aromatic rings. The number of hydrogen-bond donors (Lipinski definition) is 0. The Balaban J connectivity index is 1.02. The normalized spacial score (nSPS) is 17.1. The number of nitrogens with zero attached hydrogens (tertiary/aromatic N) is 9. The molecule has 3 aromatic heterocycles. The number of aryl methyl sites for hydroxylation is 1. The summed E-state index contributed by atoms with van der Waals surface area (Å²) >= 11 is 0. The third-order valence-corrected chi connectivity index (χ3v) is 15.6. The highest BCUT2D eigenvalue weighted by Gasteiger charge is 2.49. The second-order valence-corrected chi connectivity index (χ2v) is 20.7. The van der Waals surface area contributed by atoms with Gasteiger partial charge in [-0.15, -0.1) is 0 Å². The van der Waals surface area contributed by atoms with Gasteiger partial charge in [-0.1, -0.05) is 48.5 Å². The van der Waals surface area contributed by atoms with Crippen LogP contribution < -0.4 is 43.1 Å². The van der Waals surface area contributed by atoms with Crippen molar-refractivity contribution in [3.05, 3.63) is 167 Å². The Morgan fingerprint density at radius 3 is 1.80 bits per heavy atom. The maximum Gasteiger partial charge on any atom is 0.319 e. The van der Waals surface area contributed by atoms with Crippen molar-refractivity contribution in [2.75, 3.05) is 76.0 Å². The summed E-state index contributed by atoms with van der Waals surface area (Å²) in [5.74, 6) is 2.20.